The molecule has 1 N–H and O–H groups in total. The number of benzene rings is 2. The molecule has 0 amide bonds. The number of Topliss-reactive ketones (excluding diaryl/α,β-unsaturated/α-hetero) is 2. The predicted molar refractivity (Wildman–Crippen MR) is 225 cm³/mol. The molecule has 4 aliphatic carbocycles. The van der Waals surface area contributed by atoms with Gasteiger partial charge in [0.25, 0.3) is 0 Å². The number of ketones is 3. The molecule has 0 radical (unpaired) electrons. The first-order valence-corrected chi connectivity index (χ1v) is 21.5. The van der Waals surface area contributed by atoms with Gasteiger partial charge in [0.2, 0.25) is 5.78 Å². The molecule has 2 heterocycles. The number of halogens is 2. The van der Waals surface area contributed by atoms with E-state index < -0.39 is 94.3 Å². The molecule has 3 aromatic rings. The molecule has 4 fully saturated rings. The zero-order chi connectivity index (χ0) is 45.3. The van der Waals surface area contributed by atoms with Crippen molar-refractivity contribution >= 4 is 40.1 Å². The van der Waals surface area contributed by atoms with Crippen LogP contribution in [-0.4, -0.2) is 100 Å². The SMILES string of the molecule is CN(C)[C@@H](C(=O)Cc1ccc2cnccc2c1)c1ccc(COC(=O)CCC(=O)OCC(=O)[C@@]23OC(C)(C)O[C@@H]2C[C@H]2C4C[C@H](F)C5=CC(=O)C=C[C@]5(C)[C@@]4(F)[C@@H](O)C[C@@]23C)cc1. The van der Waals surface area contributed by atoms with E-state index in [9.17, 15) is 29.1 Å². The number of nitrogens with zero attached hydrogens (tertiary/aromatic N) is 2. The van der Waals surface area contributed by atoms with Gasteiger partial charge < -0.3 is 24.1 Å². The fraction of sp³-hybridized carbons (Fsp3) is 0.510. The Kier molecular flexibility index (Phi) is 11.5. The summed E-state index contributed by atoms with van der Waals surface area (Å²) in [6, 6.07) is 14.5. The Morgan fingerprint density at radius 1 is 0.937 bits per heavy atom. The van der Waals surface area contributed by atoms with Gasteiger partial charge in [0.05, 0.1) is 31.1 Å². The summed E-state index contributed by atoms with van der Waals surface area (Å²) >= 11 is 0. The number of aliphatic hydroxyl groups excluding tert-OH is 1. The first-order chi connectivity index (χ1) is 29.7. The van der Waals surface area contributed by atoms with Crippen LogP contribution in [0.5, 0.6) is 0 Å². The lowest BCUT2D eigenvalue weighted by Gasteiger charge is -2.63. The highest BCUT2D eigenvalue weighted by Gasteiger charge is 2.80. The van der Waals surface area contributed by atoms with Gasteiger partial charge in [0.1, 0.15) is 12.8 Å². The van der Waals surface area contributed by atoms with E-state index in [0.29, 0.717) is 5.56 Å². The third kappa shape index (κ3) is 7.46. The number of ether oxygens (including phenoxy) is 4. The van der Waals surface area contributed by atoms with Crippen LogP contribution in [0.2, 0.25) is 0 Å². The number of hydrogen-bond donors (Lipinski definition) is 1. The number of pyridine rings is 1. The molecule has 63 heavy (non-hydrogen) atoms. The number of likely N-dealkylation sites (N-methyl/N-ethyl adjacent to an activating group) is 1. The van der Waals surface area contributed by atoms with Crippen LogP contribution in [0.15, 0.2) is 84.7 Å². The first-order valence-electron chi connectivity index (χ1n) is 21.5. The molecule has 10 atom stereocenters. The second-order valence-corrected chi connectivity index (χ2v) is 19.0. The maximum Gasteiger partial charge on any atom is 0.306 e. The minimum absolute atomic E-state index is 0.00543. The highest BCUT2D eigenvalue weighted by molar-refractivity contribution is 6.01. The summed E-state index contributed by atoms with van der Waals surface area (Å²) in [5.41, 5.74) is -4.64. The second kappa shape index (κ2) is 16.2. The minimum atomic E-state index is -2.36. The summed E-state index contributed by atoms with van der Waals surface area (Å²) < 4.78 is 57.3. The van der Waals surface area contributed by atoms with Crippen LogP contribution in [0, 0.1) is 22.7 Å². The molecule has 14 heteroatoms. The van der Waals surface area contributed by atoms with Gasteiger partial charge in [-0.05, 0) is 106 Å². The average Bonchev–Trinajstić information content (AvgIpc) is 3.65. The van der Waals surface area contributed by atoms with Crippen LogP contribution < -0.4 is 0 Å². The zero-order valence-electron chi connectivity index (χ0n) is 36.4. The third-order valence-electron chi connectivity index (χ3n) is 14.5. The molecule has 1 unspecified atom stereocenters. The summed E-state index contributed by atoms with van der Waals surface area (Å²) in [6.45, 7) is 5.69. The Labute approximate surface area is 365 Å². The molecule has 3 saturated carbocycles. The molecular weight excluding hydrogens is 815 g/mol. The Hall–Kier alpha value is -5.02. The summed E-state index contributed by atoms with van der Waals surface area (Å²) in [7, 11) is 3.68. The number of carbonyl (C=O) groups is 5. The number of hydrogen-bond acceptors (Lipinski definition) is 12. The Morgan fingerprint density at radius 3 is 2.35 bits per heavy atom. The van der Waals surface area contributed by atoms with E-state index in [1.54, 1.807) is 45.3 Å². The molecule has 0 spiro atoms. The van der Waals surface area contributed by atoms with Crippen molar-refractivity contribution in [3.05, 3.63) is 101 Å². The summed E-state index contributed by atoms with van der Waals surface area (Å²) in [5, 5.41) is 13.8. The lowest BCUT2D eigenvalue weighted by Crippen LogP contribution is -2.71. The monoisotopic (exact) mass is 868 g/mol. The molecule has 1 aromatic heterocycles. The smallest absolute Gasteiger partial charge is 0.306 e. The van der Waals surface area contributed by atoms with Crippen LogP contribution in [0.4, 0.5) is 8.78 Å². The number of aromatic nitrogens is 1. The first kappa shape index (κ1) is 44.6. The quantitative estimate of drug-likeness (QED) is 0.189. The van der Waals surface area contributed by atoms with Crippen molar-refractivity contribution in [1.82, 2.24) is 9.88 Å². The summed E-state index contributed by atoms with van der Waals surface area (Å²) in [6.07, 6.45) is 2.06. The number of fused-ring (bicyclic) bond motifs is 8. The minimum Gasteiger partial charge on any atom is -0.461 e. The standard InChI is InChI=1S/C49H54F2N2O10/c1-45(2)62-41-23-34-35-22-37(50)36-21-33(54)15-17-46(36,3)48(35,51)39(56)24-47(34,4)49(41,63-45)40(57)27-61-43(59)14-13-42(58)60-26-28-7-10-30(11-8-28)44(53(5)6)38(55)20-29-9-12-32-25-52-18-16-31(32)19-29/h7-12,15-19,21,25,34-35,37,39,41,44,56H,13-14,20,22-24,26-27H2,1-6H3/t34-,35?,37-,39-,41+,44+,46-,47-,48-,49+/m0/s1. The van der Waals surface area contributed by atoms with Crippen molar-refractivity contribution in [2.24, 2.45) is 22.7 Å². The second-order valence-electron chi connectivity index (χ2n) is 19.0. The fourth-order valence-corrected chi connectivity index (χ4v) is 11.7. The Balaban J connectivity index is 0.865. The summed E-state index contributed by atoms with van der Waals surface area (Å²) in [4.78, 5) is 71.8. The summed E-state index contributed by atoms with van der Waals surface area (Å²) in [5.74, 6) is -5.58. The molecule has 334 valence electrons. The van der Waals surface area contributed by atoms with Crippen molar-refractivity contribution in [2.75, 3.05) is 20.7 Å². The van der Waals surface area contributed by atoms with Gasteiger partial charge in [-0.15, -0.1) is 0 Å². The maximum absolute atomic E-state index is 17.7. The van der Waals surface area contributed by atoms with Crippen molar-refractivity contribution in [1.29, 1.82) is 0 Å². The average molecular weight is 869 g/mol. The highest BCUT2D eigenvalue weighted by Crippen LogP contribution is 2.72. The van der Waals surface area contributed by atoms with Gasteiger partial charge >= 0.3 is 11.9 Å². The maximum atomic E-state index is 17.7. The molecule has 5 aliphatic rings. The topological polar surface area (TPSA) is 159 Å². The highest BCUT2D eigenvalue weighted by atomic mass is 19.1. The molecule has 0 bridgehead atoms. The van der Waals surface area contributed by atoms with E-state index in [1.807, 2.05) is 55.4 Å². The van der Waals surface area contributed by atoms with Gasteiger partial charge in [-0.2, -0.15) is 0 Å². The third-order valence-corrected chi connectivity index (χ3v) is 14.5. The van der Waals surface area contributed by atoms with E-state index in [0.717, 1.165) is 28.0 Å². The van der Waals surface area contributed by atoms with Gasteiger partial charge in [-0.1, -0.05) is 55.5 Å². The van der Waals surface area contributed by atoms with Crippen molar-refractivity contribution in [3.8, 4) is 0 Å². The predicted octanol–water partition coefficient (Wildman–Crippen LogP) is 6.40. The van der Waals surface area contributed by atoms with E-state index in [1.165, 1.54) is 19.1 Å². The van der Waals surface area contributed by atoms with E-state index in [4.69, 9.17) is 18.9 Å². The number of alkyl halides is 2. The van der Waals surface area contributed by atoms with Crippen molar-refractivity contribution in [2.45, 2.75) is 114 Å². The normalized spacial score (nSPS) is 33.1. The number of esters is 2. The Bertz CT molecular complexity index is 2420. The van der Waals surface area contributed by atoms with E-state index in [-0.39, 0.29) is 56.5 Å². The molecule has 8 rings (SSSR count). The van der Waals surface area contributed by atoms with Crippen LogP contribution in [-0.2, 0) is 55.9 Å². The molecule has 12 nitrogen and oxygen atoms in total. The molecular formula is C49H54F2N2O10. The Morgan fingerprint density at radius 2 is 1.63 bits per heavy atom. The van der Waals surface area contributed by atoms with Crippen molar-refractivity contribution in [3.63, 3.8) is 0 Å². The van der Waals surface area contributed by atoms with Crippen LogP contribution in [0.3, 0.4) is 0 Å². The number of rotatable bonds is 13. The van der Waals surface area contributed by atoms with Gasteiger partial charge in [0, 0.05) is 40.9 Å². The van der Waals surface area contributed by atoms with E-state index >= 15 is 8.78 Å². The number of aliphatic hydroxyl groups is 1. The molecule has 2 aromatic carbocycles. The lowest BCUT2D eigenvalue weighted by atomic mass is 9.44. The van der Waals surface area contributed by atoms with Gasteiger partial charge in [-0.25, -0.2) is 8.78 Å². The molecule has 1 aliphatic heterocycles. The van der Waals surface area contributed by atoms with Crippen LogP contribution >= 0.6 is 0 Å². The van der Waals surface area contributed by atoms with Gasteiger partial charge in [0.15, 0.2) is 35.2 Å². The van der Waals surface area contributed by atoms with Crippen LogP contribution in [0.1, 0.15) is 82.5 Å². The van der Waals surface area contributed by atoms with E-state index in [2.05, 4.69) is 4.98 Å². The number of carbonyl (C=O) groups excluding carboxylic acids is 5. The number of allylic oxidation sites excluding steroid dienone is 4. The zero-order valence-corrected chi connectivity index (χ0v) is 36.4. The fourth-order valence-electron chi connectivity index (χ4n) is 11.7. The lowest BCUT2D eigenvalue weighted by molar-refractivity contribution is -0.249. The van der Waals surface area contributed by atoms with Crippen molar-refractivity contribution < 1.29 is 56.8 Å². The largest absolute Gasteiger partial charge is 0.461 e. The van der Waals surface area contributed by atoms with Crippen LogP contribution in [0.25, 0.3) is 10.8 Å². The van der Waals surface area contributed by atoms with Gasteiger partial charge in [-0.3, -0.25) is 33.9 Å². The molecule has 1 saturated heterocycles.